The van der Waals surface area contributed by atoms with Crippen LogP contribution in [0, 0.1) is 22.7 Å². The maximum atomic E-state index is 8.82. The molecular formula is C12H5BrN2. The molecule has 0 bridgehead atoms. The van der Waals surface area contributed by atoms with Crippen molar-refractivity contribution in [1.82, 2.24) is 0 Å². The predicted molar refractivity (Wildman–Crippen MR) is 61.5 cm³/mol. The van der Waals surface area contributed by atoms with Crippen molar-refractivity contribution in [3.05, 3.63) is 47.0 Å². The summed E-state index contributed by atoms with van der Waals surface area (Å²) < 4.78 is 0.913. The quantitative estimate of drug-likeness (QED) is 0.670. The summed E-state index contributed by atoms with van der Waals surface area (Å²) in [5.74, 6) is 0. The lowest BCUT2D eigenvalue weighted by Gasteiger charge is -1.99. The van der Waals surface area contributed by atoms with Gasteiger partial charge in [-0.05, 0) is 17.2 Å². The van der Waals surface area contributed by atoms with E-state index in [2.05, 4.69) is 15.9 Å². The molecular weight excluding hydrogens is 252 g/mol. The van der Waals surface area contributed by atoms with Crippen LogP contribution in [0.25, 0.3) is 10.1 Å². The van der Waals surface area contributed by atoms with Crippen LogP contribution in [0.1, 0.15) is 11.1 Å². The van der Waals surface area contributed by atoms with Gasteiger partial charge in [0, 0.05) is 10.1 Å². The molecule has 2 nitrogen and oxygen atoms in total. The Morgan fingerprint density at radius 1 is 1.07 bits per heavy atom. The zero-order valence-electron chi connectivity index (χ0n) is 7.66. The van der Waals surface area contributed by atoms with Crippen molar-refractivity contribution in [1.29, 1.82) is 10.5 Å². The lowest BCUT2D eigenvalue weighted by Crippen LogP contribution is -1.84. The molecule has 0 fully saturated rings. The summed E-state index contributed by atoms with van der Waals surface area (Å²) in [7, 11) is 0. The van der Waals surface area contributed by atoms with E-state index in [9.17, 15) is 0 Å². The highest BCUT2D eigenvalue weighted by molar-refractivity contribution is 9.15. The Balaban J connectivity index is 2.75. The summed E-state index contributed by atoms with van der Waals surface area (Å²) in [6.45, 7) is 0. The van der Waals surface area contributed by atoms with Gasteiger partial charge < -0.3 is 0 Å². The van der Waals surface area contributed by atoms with Gasteiger partial charge in [0.1, 0.15) is 17.7 Å². The van der Waals surface area contributed by atoms with E-state index in [1.807, 2.05) is 42.5 Å². The van der Waals surface area contributed by atoms with Crippen molar-refractivity contribution < 1.29 is 0 Å². The van der Waals surface area contributed by atoms with Crippen LogP contribution in [0.3, 0.4) is 0 Å². The minimum Gasteiger partial charge on any atom is -0.192 e. The molecule has 0 atom stereocenters. The second-order valence-electron chi connectivity index (χ2n) is 3.05. The van der Waals surface area contributed by atoms with E-state index in [0.29, 0.717) is 5.57 Å². The molecule has 1 aromatic rings. The Labute approximate surface area is 95.9 Å². The van der Waals surface area contributed by atoms with Gasteiger partial charge in [-0.1, -0.05) is 40.2 Å². The topological polar surface area (TPSA) is 47.6 Å². The number of halogens is 1. The molecule has 0 amide bonds. The van der Waals surface area contributed by atoms with Crippen LogP contribution in [-0.2, 0) is 0 Å². The van der Waals surface area contributed by atoms with E-state index < -0.39 is 0 Å². The third-order valence-electron chi connectivity index (χ3n) is 2.24. The smallest absolute Gasteiger partial charge is 0.137 e. The molecule has 0 aromatic heterocycles. The predicted octanol–water partition coefficient (Wildman–Crippen LogP) is 3.24. The fraction of sp³-hybridized carbons (Fsp3) is 0. The van der Waals surface area contributed by atoms with Crippen molar-refractivity contribution in [3.63, 3.8) is 0 Å². The Kier molecular flexibility index (Phi) is 2.41. The van der Waals surface area contributed by atoms with Crippen LogP contribution in [0.15, 0.2) is 35.9 Å². The number of benzene rings is 1. The fourth-order valence-corrected chi connectivity index (χ4v) is 2.14. The molecule has 0 unspecified atom stereocenters. The third-order valence-corrected chi connectivity index (χ3v) is 2.89. The molecule has 1 aliphatic carbocycles. The summed E-state index contributed by atoms with van der Waals surface area (Å²) in [5, 5.41) is 17.6. The van der Waals surface area contributed by atoms with Gasteiger partial charge in [0.05, 0.1) is 0 Å². The van der Waals surface area contributed by atoms with E-state index >= 15 is 0 Å². The highest BCUT2D eigenvalue weighted by Crippen LogP contribution is 2.39. The van der Waals surface area contributed by atoms with Crippen LogP contribution in [0.4, 0.5) is 0 Å². The van der Waals surface area contributed by atoms with Crippen LogP contribution < -0.4 is 0 Å². The minimum absolute atomic E-state index is 0.150. The van der Waals surface area contributed by atoms with Crippen molar-refractivity contribution in [2.24, 2.45) is 0 Å². The van der Waals surface area contributed by atoms with Crippen molar-refractivity contribution in [3.8, 4) is 12.1 Å². The van der Waals surface area contributed by atoms with Gasteiger partial charge in [0.2, 0.25) is 0 Å². The fourth-order valence-electron chi connectivity index (χ4n) is 1.56. The second kappa shape index (κ2) is 3.73. The van der Waals surface area contributed by atoms with E-state index in [-0.39, 0.29) is 5.57 Å². The summed E-state index contributed by atoms with van der Waals surface area (Å²) in [6.07, 6.45) is 1.81. The molecule has 0 heterocycles. The molecule has 1 aromatic carbocycles. The third kappa shape index (κ3) is 1.48. The lowest BCUT2D eigenvalue weighted by atomic mass is 10.0. The Bertz CT molecular complexity index is 552. The van der Waals surface area contributed by atoms with Gasteiger partial charge in [0.15, 0.2) is 0 Å². The normalized spacial score (nSPS) is 12.5. The first-order chi connectivity index (χ1) is 7.27. The van der Waals surface area contributed by atoms with Crippen molar-refractivity contribution in [2.45, 2.75) is 0 Å². The lowest BCUT2D eigenvalue weighted by molar-refractivity contribution is 1.46. The largest absolute Gasteiger partial charge is 0.192 e. The highest BCUT2D eigenvalue weighted by Gasteiger charge is 2.18. The zero-order chi connectivity index (χ0) is 10.8. The number of hydrogen-bond donors (Lipinski definition) is 0. The number of fused-ring (bicyclic) bond motifs is 1. The molecule has 15 heavy (non-hydrogen) atoms. The standard InChI is InChI=1S/C12H5BrN2/c13-12-5-11(8(6-14)7-15)9-3-1-2-4-10(9)12/h1-5H. The summed E-state index contributed by atoms with van der Waals surface area (Å²) in [5.41, 5.74) is 2.80. The van der Waals surface area contributed by atoms with E-state index in [1.54, 1.807) is 0 Å². The monoisotopic (exact) mass is 256 g/mol. The molecule has 0 radical (unpaired) electrons. The van der Waals surface area contributed by atoms with E-state index in [1.165, 1.54) is 0 Å². The number of rotatable bonds is 0. The maximum Gasteiger partial charge on any atom is 0.137 e. The SMILES string of the molecule is N#CC(C#N)=C1C=C(Br)c2ccccc21. The van der Waals surface area contributed by atoms with Crippen molar-refractivity contribution >= 4 is 26.0 Å². The number of nitrogens with zero attached hydrogens (tertiary/aromatic N) is 2. The molecule has 2 rings (SSSR count). The van der Waals surface area contributed by atoms with Gasteiger partial charge in [-0.25, -0.2) is 0 Å². The Hall–Kier alpha value is -1.84. The minimum atomic E-state index is 0.150. The molecule has 0 N–H and O–H groups in total. The summed E-state index contributed by atoms with van der Waals surface area (Å²) in [4.78, 5) is 0. The second-order valence-corrected chi connectivity index (χ2v) is 3.90. The first-order valence-electron chi connectivity index (χ1n) is 4.29. The molecule has 70 valence electrons. The molecule has 0 saturated heterocycles. The first kappa shape index (κ1) is 9.71. The molecule has 0 spiro atoms. The molecule has 1 aliphatic rings. The number of allylic oxidation sites excluding steroid dienone is 3. The van der Waals surface area contributed by atoms with E-state index in [4.69, 9.17) is 10.5 Å². The van der Waals surface area contributed by atoms with Gasteiger partial charge in [-0.15, -0.1) is 0 Å². The number of nitriles is 2. The van der Waals surface area contributed by atoms with E-state index in [0.717, 1.165) is 15.6 Å². The van der Waals surface area contributed by atoms with Crippen LogP contribution in [-0.4, -0.2) is 0 Å². The molecule has 3 heteroatoms. The molecule has 0 aliphatic heterocycles. The Morgan fingerprint density at radius 2 is 1.67 bits per heavy atom. The average molecular weight is 257 g/mol. The van der Waals surface area contributed by atoms with Crippen molar-refractivity contribution in [2.75, 3.05) is 0 Å². The van der Waals surface area contributed by atoms with Gasteiger partial charge in [0.25, 0.3) is 0 Å². The van der Waals surface area contributed by atoms with Gasteiger partial charge in [-0.3, -0.25) is 0 Å². The summed E-state index contributed by atoms with van der Waals surface area (Å²) >= 11 is 3.41. The van der Waals surface area contributed by atoms with Crippen LogP contribution in [0.2, 0.25) is 0 Å². The molecule has 0 saturated carbocycles. The number of hydrogen-bond acceptors (Lipinski definition) is 2. The highest BCUT2D eigenvalue weighted by atomic mass is 79.9. The van der Waals surface area contributed by atoms with Crippen LogP contribution >= 0.6 is 15.9 Å². The zero-order valence-corrected chi connectivity index (χ0v) is 9.25. The van der Waals surface area contributed by atoms with Crippen LogP contribution in [0.5, 0.6) is 0 Å². The Morgan fingerprint density at radius 3 is 2.27 bits per heavy atom. The average Bonchev–Trinajstić information content (AvgIpc) is 2.60. The van der Waals surface area contributed by atoms with Gasteiger partial charge in [-0.2, -0.15) is 10.5 Å². The van der Waals surface area contributed by atoms with Gasteiger partial charge >= 0.3 is 0 Å². The first-order valence-corrected chi connectivity index (χ1v) is 5.08. The maximum absolute atomic E-state index is 8.82. The summed E-state index contributed by atoms with van der Waals surface area (Å²) in [6, 6.07) is 11.5.